The molecule has 3 aliphatic heterocycles. The van der Waals surface area contributed by atoms with E-state index in [0.717, 1.165) is 80.1 Å². The Morgan fingerprint density at radius 1 is 1.17 bits per heavy atom. The van der Waals surface area contributed by atoms with Crippen LogP contribution in [-0.2, 0) is 4.74 Å². The third-order valence-corrected chi connectivity index (χ3v) is 7.56. The van der Waals surface area contributed by atoms with Crippen LogP contribution in [0, 0.1) is 12.7 Å². The van der Waals surface area contributed by atoms with Crippen LogP contribution in [0.4, 0.5) is 4.39 Å². The Morgan fingerprint density at radius 3 is 2.69 bits per heavy atom. The number of nitrogens with one attached hydrogen (secondary N) is 3. The van der Waals surface area contributed by atoms with Gasteiger partial charge >= 0.3 is 0 Å². The summed E-state index contributed by atoms with van der Waals surface area (Å²) in [5.41, 5.74) is 4.58. The number of hydrogen-bond acceptors (Lipinski definition) is 6. The number of likely N-dealkylation sites (tertiary alicyclic amines) is 1. The summed E-state index contributed by atoms with van der Waals surface area (Å²) in [6.07, 6.45) is 12.0. The lowest BCUT2D eigenvalue weighted by molar-refractivity contribution is -0.0716. The molecule has 1 aromatic heterocycles. The van der Waals surface area contributed by atoms with E-state index in [0.29, 0.717) is 18.6 Å². The van der Waals surface area contributed by atoms with Crippen molar-refractivity contribution in [2.45, 2.75) is 50.7 Å². The SMILES string of the molecule is Cc1cc(F)c(C(=O)NC2CC2)cc1-c1cnn(C2=CC(NC3CCN(C4COC4)CC3)=CNC2)c1. The predicted octanol–water partition coefficient (Wildman–Crippen LogP) is 2.63. The highest BCUT2D eigenvalue weighted by Gasteiger charge is 2.30. The molecule has 6 rings (SSSR count). The number of allylic oxidation sites excluding steroid dienone is 1. The highest BCUT2D eigenvalue weighted by molar-refractivity contribution is 5.96. The van der Waals surface area contributed by atoms with Crippen LogP contribution in [-0.4, -0.2) is 71.6 Å². The lowest BCUT2D eigenvalue weighted by Gasteiger charge is -2.41. The number of dihydropyridines is 1. The molecule has 8 nitrogen and oxygen atoms in total. The van der Waals surface area contributed by atoms with Crippen LogP contribution in [0.2, 0.25) is 0 Å². The van der Waals surface area contributed by atoms with Crippen LogP contribution < -0.4 is 16.0 Å². The molecule has 2 aromatic rings. The number of aryl methyl sites for hydroxylation is 1. The molecule has 2 saturated heterocycles. The fourth-order valence-electron chi connectivity index (χ4n) is 5.11. The van der Waals surface area contributed by atoms with E-state index >= 15 is 0 Å². The average Bonchev–Trinajstić information content (AvgIpc) is 3.51. The van der Waals surface area contributed by atoms with E-state index in [9.17, 15) is 9.18 Å². The van der Waals surface area contributed by atoms with Gasteiger partial charge in [-0.1, -0.05) is 0 Å². The zero-order valence-electron chi connectivity index (χ0n) is 20.6. The van der Waals surface area contributed by atoms with Crippen molar-refractivity contribution in [2.75, 3.05) is 32.8 Å². The van der Waals surface area contributed by atoms with E-state index in [1.54, 1.807) is 12.3 Å². The fourth-order valence-corrected chi connectivity index (χ4v) is 5.11. The Balaban J connectivity index is 1.14. The maximum atomic E-state index is 14.6. The number of aromatic nitrogens is 2. The molecule has 0 bridgehead atoms. The summed E-state index contributed by atoms with van der Waals surface area (Å²) < 4.78 is 21.7. The topological polar surface area (TPSA) is 83.5 Å². The maximum Gasteiger partial charge on any atom is 0.254 e. The van der Waals surface area contributed by atoms with Gasteiger partial charge in [0.05, 0.1) is 49.0 Å². The van der Waals surface area contributed by atoms with Gasteiger partial charge in [-0.3, -0.25) is 9.69 Å². The molecule has 4 aliphatic rings. The molecule has 1 aromatic carbocycles. The molecule has 36 heavy (non-hydrogen) atoms. The Hall–Kier alpha value is -3.17. The van der Waals surface area contributed by atoms with Crippen LogP contribution in [0.5, 0.6) is 0 Å². The Bertz CT molecular complexity index is 1200. The number of carbonyl (C=O) groups is 1. The quantitative estimate of drug-likeness (QED) is 0.551. The number of benzene rings is 1. The van der Waals surface area contributed by atoms with E-state index < -0.39 is 5.82 Å². The highest BCUT2D eigenvalue weighted by atomic mass is 19.1. The van der Waals surface area contributed by atoms with Crippen molar-refractivity contribution < 1.29 is 13.9 Å². The number of ether oxygens (including phenoxy) is 1. The Morgan fingerprint density at radius 2 is 1.97 bits per heavy atom. The van der Waals surface area contributed by atoms with Gasteiger partial charge in [0.1, 0.15) is 5.82 Å². The van der Waals surface area contributed by atoms with Crippen LogP contribution in [0.3, 0.4) is 0 Å². The van der Waals surface area contributed by atoms with Crippen LogP contribution in [0.1, 0.15) is 41.6 Å². The standard InChI is InChI=1S/C27H33FN6O2/c1-17-8-26(28)25(27(35)32-19-2-3-19)10-24(17)18-11-30-34(14-18)22-9-21(12-29-13-22)31-20-4-6-33(7-5-20)23-15-36-16-23/h8-12,14,19-20,23,29,31H,2-7,13,15-16H2,1H3,(H,32,35). The molecular weight excluding hydrogens is 459 g/mol. The molecule has 1 aliphatic carbocycles. The molecule has 3 N–H and O–H groups in total. The number of halogens is 1. The normalized spacial score (nSPS) is 21.3. The summed E-state index contributed by atoms with van der Waals surface area (Å²) in [6, 6.07) is 4.31. The van der Waals surface area contributed by atoms with E-state index in [1.165, 1.54) is 6.07 Å². The number of nitrogens with zero attached hydrogens (tertiary/aromatic N) is 3. The summed E-state index contributed by atoms with van der Waals surface area (Å²) >= 11 is 0. The van der Waals surface area contributed by atoms with Gasteiger partial charge in [0.25, 0.3) is 5.91 Å². The fraction of sp³-hybridized carbons (Fsp3) is 0.481. The first-order valence-electron chi connectivity index (χ1n) is 12.9. The first-order chi connectivity index (χ1) is 17.5. The van der Waals surface area contributed by atoms with Gasteiger partial charge in [-0.2, -0.15) is 5.10 Å². The summed E-state index contributed by atoms with van der Waals surface area (Å²) in [6.45, 7) is 6.46. The van der Waals surface area contributed by atoms with Gasteiger partial charge in [-0.05, 0) is 61.9 Å². The largest absolute Gasteiger partial charge is 0.384 e. The minimum absolute atomic E-state index is 0.0825. The molecule has 0 unspecified atom stereocenters. The minimum atomic E-state index is -0.492. The Labute approximate surface area is 210 Å². The summed E-state index contributed by atoms with van der Waals surface area (Å²) in [4.78, 5) is 15.1. The van der Waals surface area contributed by atoms with Crippen molar-refractivity contribution >= 4 is 11.6 Å². The summed E-state index contributed by atoms with van der Waals surface area (Å²) in [7, 11) is 0. The molecule has 4 heterocycles. The van der Waals surface area contributed by atoms with Gasteiger partial charge in [0.15, 0.2) is 0 Å². The van der Waals surface area contributed by atoms with Crippen molar-refractivity contribution in [1.29, 1.82) is 0 Å². The molecule has 0 atom stereocenters. The van der Waals surface area contributed by atoms with Gasteiger partial charge in [0, 0.05) is 43.1 Å². The van der Waals surface area contributed by atoms with Crippen molar-refractivity contribution in [3.8, 4) is 11.1 Å². The molecule has 190 valence electrons. The van der Waals surface area contributed by atoms with Gasteiger partial charge in [0.2, 0.25) is 0 Å². The molecule has 0 spiro atoms. The molecular formula is C27H33FN6O2. The molecule has 1 saturated carbocycles. The number of carbonyl (C=O) groups excluding carboxylic acids is 1. The molecule has 3 fully saturated rings. The van der Waals surface area contributed by atoms with Crippen LogP contribution in [0.15, 0.2) is 42.5 Å². The zero-order valence-corrected chi connectivity index (χ0v) is 20.6. The van der Waals surface area contributed by atoms with Gasteiger partial charge in [-0.25, -0.2) is 9.07 Å². The van der Waals surface area contributed by atoms with Crippen molar-refractivity contribution in [2.24, 2.45) is 0 Å². The van der Waals surface area contributed by atoms with E-state index in [-0.39, 0.29) is 17.5 Å². The van der Waals surface area contributed by atoms with Crippen LogP contribution >= 0.6 is 0 Å². The minimum Gasteiger partial charge on any atom is -0.384 e. The lowest BCUT2D eigenvalue weighted by atomic mass is 9.99. The van der Waals surface area contributed by atoms with Gasteiger partial charge in [-0.15, -0.1) is 0 Å². The molecule has 9 heteroatoms. The third-order valence-electron chi connectivity index (χ3n) is 7.56. The molecule has 0 radical (unpaired) electrons. The second-order valence-electron chi connectivity index (χ2n) is 10.3. The number of piperidine rings is 1. The third kappa shape index (κ3) is 4.90. The number of hydrogen-bond donors (Lipinski definition) is 3. The van der Waals surface area contributed by atoms with E-state index in [2.05, 4.69) is 32.0 Å². The smallest absolute Gasteiger partial charge is 0.254 e. The van der Waals surface area contributed by atoms with E-state index in [4.69, 9.17) is 4.74 Å². The summed E-state index contributed by atoms with van der Waals surface area (Å²) in [5.74, 6) is -0.843. The second-order valence-corrected chi connectivity index (χ2v) is 10.3. The van der Waals surface area contributed by atoms with Crippen molar-refractivity contribution in [3.05, 3.63) is 59.4 Å². The predicted molar refractivity (Wildman–Crippen MR) is 136 cm³/mol. The number of amides is 1. The number of rotatable bonds is 7. The lowest BCUT2D eigenvalue weighted by Crippen LogP contribution is -2.53. The summed E-state index contributed by atoms with van der Waals surface area (Å²) in [5, 5.41) is 14.5. The van der Waals surface area contributed by atoms with Crippen molar-refractivity contribution in [3.63, 3.8) is 0 Å². The van der Waals surface area contributed by atoms with Crippen molar-refractivity contribution in [1.82, 2.24) is 30.6 Å². The van der Waals surface area contributed by atoms with Crippen LogP contribution in [0.25, 0.3) is 16.8 Å². The zero-order chi connectivity index (χ0) is 24.6. The second kappa shape index (κ2) is 9.71. The van der Waals surface area contributed by atoms with Gasteiger partial charge < -0.3 is 20.7 Å². The maximum absolute atomic E-state index is 14.6. The van der Waals surface area contributed by atoms with E-state index in [1.807, 2.05) is 24.0 Å². The first-order valence-corrected chi connectivity index (χ1v) is 12.9. The molecule has 1 amide bonds. The monoisotopic (exact) mass is 492 g/mol. The highest BCUT2D eigenvalue weighted by Crippen LogP contribution is 2.28. The average molecular weight is 493 g/mol. The Kier molecular flexibility index (Phi) is 6.27. The first kappa shape index (κ1) is 23.2.